The Morgan fingerprint density at radius 3 is 2.38 bits per heavy atom. The van der Waals surface area contributed by atoms with E-state index in [0.29, 0.717) is 29.2 Å². The summed E-state index contributed by atoms with van der Waals surface area (Å²) in [6, 6.07) is 20.3. The fraction of sp³-hybridized carbons (Fsp3) is 0.321. The summed E-state index contributed by atoms with van der Waals surface area (Å²) < 4.78 is 16.4. The fourth-order valence-electron chi connectivity index (χ4n) is 4.22. The molecule has 1 heterocycles. The SMILES string of the molecule is CCOc1ccc(Cc2cc([C@@]3(O)O[C@H](COC(=O)c4ccccc4)[C@@H](O)[C@H](O)[C@H]3O)ccc2Cl)cc1. The molecule has 0 radical (unpaired) electrons. The molecule has 4 N–H and O–H groups in total. The molecule has 0 saturated carbocycles. The number of hydrogen-bond acceptors (Lipinski definition) is 8. The van der Waals surface area contributed by atoms with E-state index in [9.17, 15) is 25.2 Å². The number of rotatable bonds is 8. The van der Waals surface area contributed by atoms with Gasteiger partial charge in [-0.3, -0.25) is 0 Å². The molecule has 1 aliphatic rings. The largest absolute Gasteiger partial charge is 0.494 e. The Bertz CT molecular complexity index is 1200. The summed E-state index contributed by atoms with van der Waals surface area (Å²) >= 11 is 6.41. The van der Waals surface area contributed by atoms with Crippen molar-refractivity contribution in [3.63, 3.8) is 0 Å². The zero-order valence-electron chi connectivity index (χ0n) is 20.2. The summed E-state index contributed by atoms with van der Waals surface area (Å²) in [5.41, 5.74) is 1.98. The van der Waals surface area contributed by atoms with Crippen LogP contribution < -0.4 is 4.74 Å². The van der Waals surface area contributed by atoms with E-state index in [4.69, 9.17) is 25.8 Å². The minimum atomic E-state index is -2.40. The first-order chi connectivity index (χ1) is 17.7. The first kappa shape index (κ1) is 27.1. The lowest BCUT2D eigenvalue weighted by atomic mass is 9.87. The highest BCUT2D eigenvalue weighted by atomic mass is 35.5. The lowest BCUT2D eigenvalue weighted by Gasteiger charge is -2.45. The van der Waals surface area contributed by atoms with Gasteiger partial charge in [0.15, 0.2) is 0 Å². The number of carbonyl (C=O) groups is 1. The number of halogens is 1. The average Bonchev–Trinajstić information content (AvgIpc) is 2.91. The second-order valence-electron chi connectivity index (χ2n) is 8.80. The molecule has 0 bridgehead atoms. The summed E-state index contributed by atoms with van der Waals surface area (Å²) in [6.07, 6.45) is -6.18. The van der Waals surface area contributed by atoms with Gasteiger partial charge in [0.1, 0.15) is 36.8 Å². The van der Waals surface area contributed by atoms with Gasteiger partial charge < -0.3 is 34.6 Å². The van der Waals surface area contributed by atoms with Crippen LogP contribution >= 0.6 is 11.6 Å². The second-order valence-corrected chi connectivity index (χ2v) is 9.21. The highest BCUT2D eigenvalue weighted by Gasteiger charge is 2.54. The van der Waals surface area contributed by atoms with E-state index >= 15 is 0 Å². The molecule has 1 saturated heterocycles. The van der Waals surface area contributed by atoms with Gasteiger partial charge in [0, 0.05) is 10.6 Å². The van der Waals surface area contributed by atoms with Gasteiger partial charge in [-0.2, -0.15) is 0 Å². The van der Waals surface area contributed by atoms with Crippen LogP contribution in [0.1, 0.15) is 34.0 Å². The van der Waals surface area contributed by atoms with Crippen molar-refractivity contribution in [2.45, 2.75) is 43.5 Å². The van der Waals surface area contributed by atoms with Crippen molar-refractivity contribution in [1.29, 1.82) is 0 Å². The summed E-state index contributed by atoms with van der Waals surface area (Å²) in [5, 5.41) is 43.5. The van der Waals surface area contributed by atoms with E-state index in [1.165, 1.54) is 6.07 Å². The quantitative estimate of drug-likeness (QED) is 0.329. The zero-order valence-corrected chi connectivity index (χ0v) is 20.9. The van der Waals surface area contributed by atoms with E-state index in [1.807, 2.05) is 31.2 Å². The maximum atomic E-state index is 12.3. The van der Waals surface area contributed by atoms with Crippen LogP contribution in [-0.2, 0) is 21.7 Å². The van der Waals surface area contributed by atoms with Gasteiger partial charge in [0.2, 0.25) is 5.79 Å². The molecule has 0 amide bonds. The van der Waals surface area contributed by atoms with E-state index in [2.05, 4.69) is 0 Å². The van der Waals surface area contributed by atoms with Crippen molar-refractivity contribution < 1.29 is 39.4 Å². The molecule has 3 aromatic rings. The molecule has 8 nitrogen and oxygen atoms in total. The van der Waals surface area contributed by atoms with Crippen molar-refractivity contribution in [3.05, 3.63) is 100 Å². The standard InChI is InChI=1S/C28H29ClO8/c1-2-35-21-11-8-17(9-12-21)14-19-15-20(10-13-22(19)29)28(34)26(32)25(31)24(30)23(37-28)16-36-27(33)18-6-4-3-5-7-18/h3-13,15,23-26,30-32,34H,2,14,16H2,1H3/t23-,24-,25+,26-,28-/m1/s1. The zero-order chi connectivity index (χ0) is 26.6. The van der Waals surface area contributed by atoms with Gasteiger partial charge in [0.05, 0.1) is 12.2 Å². The number of ether oxygens (including phenoxy) is 3. The number of benzene rings is 3. The van der Waals surface area contributed by atoms with Crippen LogP contribution in [0.4, 0.5) is 0 Å². The molecule has 9 heteroatoms. The van der Waals surface area contributed by atoms with Crippen molar-refractivity contribution in [3.8, 4) is 5.75 Å². The topological polar surface area (TPSA) is 126 Å². The monoisotopic (exact) mass is 528 g/mol. The Kier molecular flexibility index (Phi) is 8.49. The normalized spacial score (nSPS) is 25.5. The molecule has 1 aliphatic heterocycles. The number of esters is 1. The molecular formula is C28H29ClO8. The molecular weight excluding hydrogens is 500 g/mol. The third-order valence-corrected chi connectivity index (χ3v) is 6.63. The number of carbonyl (C=O) groups excluding carboxylic acids is 1. The second kappa shape index (κ2) is 11.6. The lowest BCUT2D eigenvalue weighted by Crippen LogP contribution is -2.63. The van der Waals surface area contributed by atoms with Crippen molar-refractivity contribution in [2.75, 3.05) is 13.2 Å². The Morgan fingerprint density at radius 2 is 1.70 bits per heavy atom. The van der Waals surface area contributed by atoms with Crippen LogP contribution in [0.5, 0.6) is 5.75 Å². The van der Waals surface area contributed by atoms with Crippen LogP contribution in [0.3, 0.4) is 0 Å². The van der Waals surface area contributed by atoms with Crippen LogP contribution in [0.2, 0.25) is 5.02 Å². The van der Waals surface area contributed by atoms with Gasteiger partial charge >= 0.3 is 5.97 Å². The molecule has 0 aliphatic carbocycles. The maximum Gasteiger partial charge on any atom is 0.338 e. The third kappa shape index (κ3) is 5.96. The minimum absolute atomic E-state index is 0.121. The van der Waals surface area contributed by atoms with Crippen LogP contribution in [0.15, 0.2) is 72.8 Å². The smallest absolute Gasteiger partial charge is 0.338 e. The minimum Gasteiger partial charge on any atom is -0.494 e. The van der Waals surface area contributed by atoms with Crippen molar-refractivity contribution in [1.82, 2.24) is 0 Å². The third-order valence-electron chi connectivity index (χ3n) is 6.26. The Balaban J connectivity index is 1.54. The fourth-order valence-corrected chi connectivity index (χ4v) is 4.40. The van der Waals surface area contributed by atoms with E-state index in [-0.39, 0.29) is 5.56 Å². The highest BCUT2D eigenvalue weighted by molar-refractivity contribution is 6.31. The molecule has 5 atom stereocenters. The van der Waals surface area contributed by atoms with E-state index in [1.54, 1.807) is 42.5 Å². The van der Waals surface area contributed by atoms with Gasteiger partial charge in [0.25, 0.3) is 0 Å². The summed E-state index contributed by atoms with van der Waals surface area (Å²) in [6.45, 7) is 1.99. The predicted molar refractivity (Wildman–Crippen MR) is 135 cm³/mol. The van der Waals surface area contributed by atoms with Crippen LogP contribution in [0.25, 0.3) is 0 Å². The summed E-state index contributed by atoms with van der Waals surface area (Å²) in [4.78, 5) is 12.3. The van der Waals surface area contributed by atoms with E-state index < -0.39 is 42.8 Å². The Hall–Kier alpha value is -2.98. The molecule has 0 unspecified atom stereocenters. The first-order valence-electron chi connectivity index (χ1n) is 11.9. The van der Waals surface area contributed by atoms with Crippen molar-refractivity contribution >= 4 is 17.6 Å². The number of hydrogen-bond donors (Lipinski definition) is 4. The van der Waals surface area contributed by atoms with Crippen molar-refractivity contribution in [2.24, 2.45) is 0 Å². The average molecular weight is 529 g/mol. The Morgan fingerprint density at radius 1 is 1.00 bits per heavy atom. The maximum absolute atomic E-state index is 12.3. The highest BCUT2D eigenvalue weighted by Crippen LogP contribution is 2.38. The molecule has 1 fully saturated rings. The predicted octanol–water partition coefficient (Wildman–Crippen LogP) is 2.81. The lowest BCUT2D eigenvalue weighted by molar-refractivity contribution is -0.357. The molecule has 0 spiro atoms. The summed E-state index contributed by atoms with van der Waals surface area (Å²) in [5.74, 6) is -2.32. The van der Waals surface area contributed by atoms with Crippen LogP contribution in [0, 0.1) is 0 Å². The molecule has 3 aromatic carbocycles. The Labute approximate surface area is 219 Å². The molecule has 0 aromatic heterocycles. The van der Waals surface area contributed by atoms with Gasteiger partial charge in [-0.1, -0.05) is 48.0 Å². The van der Waals surface area contributed by atoms with Crippen LogP contribution in [-0.4, -0.2) is 64.0 Å². The number of aliphatic hydroxyl groups is 4. The first-order valence-corrected chi connectivity index (χ1v) is 12.3. The van der Waals surface area contributed by atoms with Gasteiger partial charge in [-0.05, 0) is 60.9 Å². The van der Waals surface area contributed by atoms with Gasteiger partial charge in [-0.15, -0.1) is 0 Å². The summed E-state index contributed by atoms with van der Waals surface area (Å²) in [7, 11) is 0. The molecule has 4 rings (SSSR count). The van der Waals surface area contributed by atoms with Gasteiger partial charge in [-0.25, -0.2) is 4.79 Å². The van der Waals surface area contributed by atoms with E-state index in [0.717, 1.165) is 11.3 Å². The molecule has 37 heavy (non-hydrogen) atoms. The number of aliphatic hydroxyl groups excluding tert-OH is 3. The molecule has 196 valence electrons.